The number of benzene rings is 3. The maximum Gasteiger partial charge on any atom is 0.250 e. The van der Waals surface area contributed by atoms with E-state index < -0.39 is 5.91 Å². The molecule has 0 aliphatic heterocycles. The number of amides is 2. The van der Waals surface area contributed by atoms with Crippen molar-refractivity contribution >= 4 is 50.6 Å². The van der Waals surface area contributed by atoms with E-state index in [2.05, 4.69) is 5.32 Å². The van der Waals surface area contributed by atoms with Gasteiger partial charge in [0.25, 0.3) is 5.91 Å². The minimum atomic E-state index is -0.597. The van der Waals surface area contributed by atoms with Gasteiger partial charge in [0.15, 0.2) is 5.65 Å². The number of anilines is 1. The van der Waals surface area contributed by atoms with Crippen molar-refractivity contribution in [3.8, 4) is 0 Å². The predicted octanol–water partition coefficient (Wildman–Crippen LogP) is 3.48. The Morgan fingerprint density at radius 1 is 0.867 bits per heavy atom. The third kappa shape index (κ3) is 2.93. The van der Waals surface area contributed by atoms with Crippen LogP contribution in [0.15, 0.2) is 72.8 Å². The first-order chi connectivity index (χ1) is 14.6. The zero-order valence-electron chi connectivity index (χ0n) is 15.9. The van der Waals surface area contributed by atoms with Crippen LogP contribution in [0.2, 0.25) is 0 Å². The van der Waals surface area contributed by atoms with Crippen LogP contribution in [-0.4, -0.2) is 26.3 Å². The molecule has 0 bridgehead atoms. The molecule has 0 radical (unpaired) electrons. The standard InChI is InChI=1S/C23H17N5O2/c24-22(30)14-7-1-3-9-16(14)25-20(29)13-28-19-12-6-2-8-15(19)21-23(28)27-18-11-5-4-10-17(18)26-21/h1-12H,13H2,(H2,24,30)(H,25,29). The molecule has 2 amide bonds. The molecule has 0 spiro atoms. The van der Waals surface area contributed by atoms with Gasteiger partial charge in [0.2, 0.25) is 5.91 Å². The highest BCUT2D eigenvalue weighted by Gasteiger charge is 2.17. The normalized spacial score (nSPS) is 11.2. The lowest BCUT2D eigenvalue weighted by Gasteiger charge is -2.10. The Balaban J connectivity index is 1.60. The van der Waals surface area contributed by atoms with Gasteiger partial charge >= 0.3 is 0 Å². The fourth-order valence-corrected chi connectivity index (χ4v) is 3.68. The topological polar surface area (TPSA) is 103 Å². The number of rotatable bonds is 4. The van der Waals surface area contributed by atoms with Gasteiger partial charge in [-0.2, -0.15) is 0 Å². The summed E-state index contributed by atoms with van der Waals surface area (Å²) in [5, 5.41) is 3.71. The zero-order valence-corrected chi connectivity index (χ0v) is 15.9. The number of carbonyl (C=O) groups excluding carboxylic acids is 2. The van der Waals surface area contributed by atoms with Crippen LogP contribution in [0.4, 0.5) is 5.69 Å². The molecule has 2 heterocycles. The first-order valence-electron chi connectivity index (χ1n) is 9.44. The van der Waals surface area contributed by atoms with Gasteiger partial charge in [-0.1, -0.05) is 42.5 Å². The van der Waals surface area contributed by atoms with Crippen LogP contribution in [0.1, 0.15) is 10.4 Å². The highest BCUT2D eigenvalue weighted by Crippen LogP contribution is 2.28. The van der Waals surface area contributed by atoms with Gasteiger partial charge in [-0.05, 0) is 30.3 Å². The fourth-order valence-electron chi connectivity index (χ4n) is 3.68. The molecule has 5 aromatic rings. The number of nitrogens with one attached hydrogen (secondary N) is 1. The SMILES string of the molecule is NC(=O)c1ccccc1NC(=O)Cn1c2ccccc2c2nc3ccccc3nc21. The van der Waals surface area contributed by atoms with E-state index in [-0.39, 0.29) is 18.0 Å². The number of hydrogen-bond acceptors (Lipinski definition) is 4. The minimum Gasteiger partial charge on any atom is -0.366 e. The number of nitrogens with zero attached hydrogens (tertiary/aromatic N) is 3. The van der Waals surface area contributed by atoms with Gasteiger partial charge in [0, 0.05) is 5.39 Å². The minimum absolute atomic E-state index is 0.0180. The van der Waals surface area contributed by atoms with E-state index >= 15 is 0 Å². The summed E-state index contributed by atoms with van der Waals surface area (Å²) in [6.45, 7) is 0.0180. The van der Waals surface area contributed by atoms with Gasteiger partial charge in [0.05, 0.1) is 27.8 Å². The number of para-hydroxylation sites is 4. The summed E-state index contributed by atoms with van der Waals surface area (Å²) in [6.07, 6.45) is 0. The molecule has 0 aliphatic rings. The van der Waals surface area contributed by atoms with Crippen molar-refractivity contribution in [1.29, 1.82) is 0 Å². The van der Waals surface area contributed by atoms with Crippen molar-refractivity contribution in [3.63, 3.8) is 0 Å². The highest BCUT2D eigenvalue weighted by atomic mass is 16.2. The quantitative estimate of drug-likeness (QED) is 0.486. The maximum atomic E-state index is 12.9. The highest BCUT2D eigenvalue weighted by molar-refractivity contribution is 6.08. The summed E-state index contributed by atoms with van der Waals surface area (Å²) >= 11 is 0. The number of primary amides is 1. The Morgan fingerprint density at radius 3 is 2.33 bits per heavy atom. The first-order valence-corrected chi connectivity index (χ1v) is 9.44. The van der Waals surface area contributed by atoms with E-state index in [1.807, 2.05) is 53.1 Å². The first kappa shape index (κ1) is 17.8. The van der Waals surface area contributed by atoms with Crippen LogP contribution in [-0.2, 0) is 11.3 Å². The van der Waals surface area contributed by atoms with Gasteiger partial charge < -0.3 is 15.6 Å². The lowest BCUT2D eigenvalue weighted by molar-refractivity contribution is -0.116. The Labute approximate surface area is 171 Å². The fraction of sp³-hybridized carbons (Fsp3) is 0.0435. The summed E-state index contributed by atoms with van der Waals surface area (Å²) in [7, 11) is 0. The molecule has 0 aliphatic carbocycles. The van der Waals surface area contributed by atoms with Crippen molar-refractivity contribution in [2.75, 3.05) is 5.32 Å². The Hall–Kier alpha value is -4.26. The maximum absolute atomic E-state index is 12.9. The molecular weight excluding hydrogens is 378 g/mol. The van der Waals surface area contributed by atoms with Crippen molar-refractivity contribution in [1.82, 2.24) is 14.5 Å². The zero-order chi connectivity index (χ0) is 20.7. The van der Waals surface area contributed by atoms with E-state index in [4.69, 9.17) is 15.7 Å². The number of nitrogens with two attached hydrogens (primary N) is 1. The molecule has 7 nitrogen and oxygen atoms in total. The largest absolute Gasteiger partial charge is 0.366 e. The van der Waals surface area contributed by atoms with Gasteiger partial charge in [0.1, 0.15) is 12.1 Å². The average molecular weight is 395 g/mol. The monoisotopic (exact) mass is 395 g/mol. The van der Waals surface area contributed by atoms with Gasteiger partial charge in [-0.3, -0.25) is 9.59 Å². The number of fused-ring (bicyclic) bond motifs is 4. The molecule has 30 heavy (non-hydrogen) atoms. The summed E-state index contributed by atoms with van der Waals surface area (Å²) in [6, 6.07) is 22.1. The van der Waals surface area contributed by atoms with E-state index in [1.54, 1.807) is 24.3 Å². The summed E-state index contributed by atoms with van der Waals surface area (Å²) in [5.74, 6) is -0.888. The second kappa shape index (κ2) is 6.97. The predicted molar refractivity (Wildman–Crippen MR) is 116 cm³/mol. The molecule has 0 unspecified atom stereocenters. The second-order valence-corrected chi connectivity index (χ2v) is 6.95. The third-order valence-corrected chi connectivity index (χ3v) is 5.03. The van der Waals surface area contributed by atoms with Gasteiger partial charge in [-0.15, -0.1) is 0 Å². The number of hydrogen-bond donors (Lipinski definition) is 2. The molecule has 7 heteroatoms. The van der Waals surface area contributed by atoms with Crippen molar-refractivity contribution in [2.45, 2.75) is 6.54 Å². The van der Waals surface area contributed by atoms with Crippen LogP contribution < -0.4 is 11.1 Å². The van der Waals surface area contributed by atoms with E-state index in [0.29, 0.717) is 11.3 Å². The van der Waals surface area contributed by atoms with E-state index in [1.165, 1.54) is 0 Å². The van der Waals surface area contributed by atoms with E-state index in [0.717, 1.165) is 27.5 Å². The Kier molecular flexibility index (Phi) is 4.14. The lowest BCUT2D eigenvalue weighted by atomic mass is 10.1. The molecule has 0 fully saturated rings. The van der Waals surface area contributed by atoms with Crippen molar-refractivity contribution in [3.05, 3.63) is 78.4 Å². The average Bonchev–Trinajstić information content (AvgIpc) is 3.05. The molecule has 5 rings (SSSR count). The molecule has 3 aromatic carbocycles. The molecule has 0 saturated heterocycles. The molecule has 0 saturated carbocycles. The third-order valence-electron chi connectivity index (χ3n) is 5.03. The van der Waals surface area contributed by atoms with Gasteiger partial charge in [-0.25, -0.2) is 9.97 Å². The van der Waals surface area contributed by atoms with Crippen LogP contribution in [0.5, 0.6) is 0 Å². The smallest absolute Gasteiger partial charge is 0.250 e. The Bertz CT molecular complexity index is 1450. The molecular formula is C23H17N5O2. The lowest BCUT2D eigenvalue weighted by Crippen LogP contribution is -2.22. The van der Waals surface area contributed by atoms with Crippen LogP contribution in [0.3, 0.4) is 0 Å². The van der Waals surface area contributed by atoms with E-state index in [9.17, 15) is 9.59 Å². The molecule has 3 N–H and O–H groups in total. The summed E-state index contributed by atoms with van der Waals surface area (Å²) in [5.41, 5.74) is 9.86. The van der Waals surface area contributed by atoms with Crippen LogP contribution in [0.25, 0.3) is 33.1 Å². The Morgan fingerprint density at radius 2 is 1.53 bits per heavy atom. The second-order valence-electron chi connectivity index (χ2n) is 6.95. The summed E-state index contributed by atoms with van der Waals surface area (Å²) < 4.78 is 1.84. The number of carbonyl (C=O) groups is 2. The van der Waals surface area contributed by atoms with Crippen molar-refractivity contribution < 1.29 is 9.59 Å². The van der Waals surface area contributed by atoms with Crippen LogP contribution >= 0.6 is 0 Å². The summed E-state index contributed by atoms with van der Waals surface area (Å²) in [4.78, 5) is 34.1. The number of aromatic nitrogens is 3. The molecule has 146 valence electrons. The van der Waals surface area contributed by atoms with Crippen molar-refractivity contribution in [2.24, 2.45) is 5.73 Å². The molecule has 0 atom stereocenters. The van der Waals surface area contributed by atoms with Crippen LogP contribution in [0, 0.1) is 0 Å². The molecule has 2 aromatic heterocycles.